The van der Waals surface area contributed by atoms with Crippen LogP contribution in [-0.4, -0.2) is 25.8 Å². The van der Waals surface area contributed by atoms with Crippen LogP contribution in [0.5, 0.6) is 5.75 Å². The van der Waals surface area contributed by atoms with Crippen LogP contribution >= 0.6 is 0 Å². The van der Waals surface area contributed by atoms with E-state index >= 15 is 0 Å². The zero-order valence-electron chi connectivity index (χ0n) is 12.9. The van der Waals surface area contributed by atoms with Crippen LogP contribution in [0.1, 0.15) is 43.7 Å². The molecule has 0 saturated heterocycles. The van der Waals surface area contributed by atoms with Gasteiger partial charge in [0.25, 0.3) is 0 Å². The van der Waals surface area contributed by atoms with E-state index in [0.29, 0.717) is 30.1 Å². The first-order valence-electron chi connectivity index (χ1n) is 7.68. The summed E-state index contributed by atoms with van der Waals surface area (Å²) in [4.78, 5) is 0. The zero-order valence-corrected chi connectivity index (χ0v) is 12.9. The number of hydrogen-bond acceptors (Lipinski definition) is 4. The monoisotopic (exact) mass is 288 g/mol. The summed E-state index contributed by atoms with van der Waals surface area (Å²) in [5.41, 5.74) is 1.59. The van der Waals surface area contributed by atoms with Gasteiger partial charge in [-0.2, -0.15) is 5.26 Å². The van der Waals surface area contributed by atoms with Crippen LogP contribution < -0.4 is 10.1 Å². The summed E-state index contributed by atoms with van der Waals surface area (Å²) in [5.74, 6) is 0.618. The molecule has 0 bridgehead atoms. The molecule has 1 saturated carbocycles. The van der Waals surface area contributed by atoms with Crippen molar-refractivity contribution < 1.29 is 9.47 Å². The minimum atomic E-state index is 0.340. The van der Waals surface area contributed by atoms with E-state index in [1.807, 2.05) is 18.2 Å². The van der Waals surface area contributed by atoms with Crippen LogP contribution in [0.15, 0.2) is 18.2 Å². The molecule has 1 aromatic rings. The third-order valence-corrected chi connectivity index (χ3v) is 4.04. The van der Waals surface area contributed by atoms with E-state index in [9.17, 15) is 0 Å². The lowest BCUT2D eigenvalue weighted by atomic mass is 9.93. The normalized spacial score (nSPS) is 21.8. The predicted molar refractivity (Wildman–Crippen MR) is 82.2 cm³/mol. The number of hydrogen-bond donors (Lipinski definition) is 1. The van der Waals surface area contributed by atoms with E-state index < -0.39 is 0 Å². The van der Waals surface area contributed by atoms with E-state index in [0.717, 1.165) is 24.9 Å². The molecule has 0 aliphatic heterocycles. The largest absolute Gasteiger partial charge is 0.495 e. The minimum absolute atomic E-state index is 0.340. The molecule has 0 atom stereocenters. The second-order valence-electron chi connectivity index (χ2n) is 5.49. The number of ether oxygens (including phenoxy) is 2. The standard InChI is InChI=1S/C17H24N2O2/c1-3-19-15-5-7-16(8-6-15)21-12-13-4-9-17(20-2)14(10-13)11-18/h4,9-10,15-16,19H,3,5-8,12H2,1-2H3. The summed E-state index contributed by atoms with van der Waals surface area (Å²) in [5, 5.41) is 12.6. The second-order valence-corrected chi connectivity index (χ2v) is 5.49. The molecule has 1 aliphatic carbocycles. The van der Waals surface area contributed by atoms with Crippen molar-refractivity contribution in [1.82, 2.24) is 5.32 Å². The number of nitrogens with one attached hydrogen (secondary N) is 1. The Morgan fingerprint density at radius 3 is 2.67 bits per heavy atom. The van der Waals surface area contributed by atoms with Gasteiger partial charge in [-0.05, 0) is 49.9 Å². The number of nitrogens with zero attached hydrogens (tertiary/aromatic N) is 1. The Balaban J connectivity index is 1.83. The third kappa shape index (κ3) is 4.45. The van der Waals surface area contributed by atoms with E-state index in [1.165, 1.54) is 12.8 Å². The van der Waals surface area contributed by atoms with Gasteiger partial charge < -0.3 is 14.8 Å². The van der Waals surface area contributed by atoms with Crippen molar-refractivity contribution in [1.29, 1.82) is 5.26 Å². The molecule has 114 valence electrons. The third-order valence-electron chi connectivity index (χ3n) is 4.04. The fourth-order valence-electron chi connectivity index (χ4n) is 2.87. The average Bonchev–Trinajstić information content (AvgIpc) is 2.54. The summed E-state index contributed by atoms with van der Waals surface area (Å²) in [6.45, 7) is 3.76. The molecule has 0 spiro atoms. The van der Waals surface area contributed by atoms with E-state index in [2.05, 4.69) is 18.3 Å². The van der Waals surface area contributed by atoms with Crippen LogP contribution in [0.3, 0.4) is 0 Å². The summed E-state index contributed by atoms with van der Waals surface area (Å²) in [6, 6.07) is 8.45. The fraction of sp³-hybridized carbons (Fsp3) is 0.588. The first kappa shape index (κ1) is 15.8. The molecule has 1 N–H and O–H groups in total. The summed E-state index contributed by atoms with van der Waals surface area (Å²) in [7, 11) is 1.58. The summed E-state index contributed by atoms with van der Waals surface area (Å²) < 4.78 is 11.1. The van der Waals surface area contributed by atoms with Gasteiger partial charge in [-0.1, -0.05) is 13.0 Å². The first-order valence-corrected chi connectivity index (χ1v) is 7.68. The zero-order chi connectivity index (χ0) is 15.1. The first-order chi connectivity index (χ1) is 10.3. The molecule has 0 amide bonds. The lowest BCUT2D eigenvalue weighted by Gasteiger charge is -2.29. The topological polar surface area (TPSA) is 54.3 Å². The Hall–Kier alpha value is -1.57. The van der Waals surface area contributed by atoms with Gasteiger partial charge >= 0.3 is 0 Å². The molecule has 0 unspecified atom stereocenters. The van der Waals surface area contributed by atoms with Crippen molar-refractivity contribution >= 4 is 0 Å². The summed E-state index contributed by atoms with van der Waals surface area (Å²) >= 11 is 0. The minimum Gasteiger partial charge on any atom is -0.495 e. The maximum absolute atomic E-state index is 9.09. The summed E-state index contributed by atoms with van der Waals surface area (Å²) in [6.07, 6.45) is 4.93. The van der Waals surface area contributed by atoms with Gasteiger partial charge in [-0.15, -0.1) is 0 Å². The lowest BCUT2D eigenvalue weighted by molar-refractivity contribution is 0.0114. The van der Waals surface area contributed by atoms with Crippen molar-refractivity contribution in [2.45, 2.75) is 51.4 Å². The van der Waals surface area contributed by atoms with E-state index in [4.69, 9.17) is 14.7 Å². The SMILES string of the molecule is CCNC1CCC(OCc2ccc(OC)c(C#N)c2)CC1. The molecule has 0 heterocycles. The van der Waals surface area contributed by atoms with Crippen molar-refractivity contribution in [2.24, 2.45) is 0 Å². The number of methoxy groups -OCH3 is 1. The van der Waals surface area contributed by atoms with E-state index in [-0.39, 0.29) is 0 Å². The van der Waals surface area contributed by atoms with Crippen LogP contribution in [0, 0.1) is 11.3 Å². The van der Waals surface area contributed by atoms with Gasteiger partial charge in [0.1, 0.15) is 11.8 Å². The Morgan fingerprint density at radius 2 is 2.05 bits per heavy atom. The Morgan fingerprint density at radius 1 is 1.29 bits per heavy atom. The molecule has 1 aliphatic rings. The number of benzene rings is 1. The highest BCUT2D eigenvalue weighted by Gasteiger charge is 2.20. The fourth-order valence-corrected chi connectivity index (χ4v) is 2.87. The maximum Gasteiger partial charge on any atom is 0.136 e. The molecule has 0 radical (unpaired) electrons. The molecule has 0 aromatic heterocycles. The van der Waals surface area contributed by atoms with Crippen molar-refractivity contribution in [3.8, 4) is 11.8 Å². The van der Waals surface area contributed by atoms with Gasteiger partial charge in [-0.25, -0.2) is 0 Å². The highest BCUT2D eigenvalue weighted by atomic mass is 16.5. The Labute approximate surface area is 127 Å². The second kappa shape index (κ2) is 8.02. The molecule has 4 heteroatoms. The number of nitriles is 1. The quantitative estimate of drug-likeness (QED) is 0.874. The average molecular weight is 288 g/mol. The van der Waals surface area contributed by atoms with Crippen LogP contribution in [0.25, 0.3) is 0 Å². The molecule has 2 rings (SSSR count). The molecule has 1 aromatic carbocycles. The Kier molecular flexibility index (Phi) is 6.04. The molecular weight excluding hydrogens is 264 g/mol. The van der Waals surface area contributed by atoms with Gasteiger partial charge in [0, 0.05) is 6.04 Å². The van der Waals surface area contributed by atoms with Gasteiger partial charge in [0.2, 0.25) is 0 Å². The molecule has 4 nitrogen and oxygen atoms in total. The Bertz CT molecular complexity index is 488. The van der Waals surface area contributed by atoms with Gasteiger partial charge in [0.15, 0.2) is 0 Å². The van der Waals surface area contributed by atoms with Gasteiger partial charge in [-0.3, -0.25) is 0 Å². The maximum atomic E-state index is 9.09. The van der Waals surface area contributed by atoms with Crippen molar-refractivity contribution in [2.75, 3.05) is 13.7 Å². The van der Waals surface area contributed by atoms with Crippen LogP contribution in [0.2, 0.25) is 0 Å². The van der Waals surface area contributed by atoms with Crippen LogP contribution in [-0.2, 0) is 11.3 Å². The number of rotatable bonds is 6. The van der Waals surface area contributed by atoms with Crippen molar-refractivity contribution in [3.05, 3.63) is 29.3 Å². The lowest BCUT2D eigenvalue weighted by Crippen LogP contribution is -2.35. The highest BCUT2D eigenvalue weighted by Crippen LogP contribution is 2.24. The smallest absolute Gasteiger partial charge is 0.136 e. The van der Waals surface area contributed by atoms with Crippen LogP contribution in [0.4, 0.5) is 0 Å². The predicted octanol–water partition coefficient (Wildman–Crippen LogP) is 3.00. The molecule has 21 heavy (non-hydrogen) atoms. The van der Waals surface area contributed by atoms with E-state index in [1.54, 1.807) is 7.11 Å². The van der Waals surface area contributed by atoms with Gasteiger partial charge in [0.05, 0.1) is 25.4 Å². The molecule has 1 fully saturated rings. The highest BCUT2D eigenvalue weighted by molar-refractivity contribution is 5.45. The molecular formula is C17H24N2O2. The van der Waals surface area contributed by atoms with Crippen molar-refractivity contribution in [3.63, 3.8) is 0 Å².